The van der Waals surface area contributed by atoms with E-state index in [1.807, 2.05) is 25.1 Å². The summed E-state index contributed by atoms with van der Waals surface area (Å²) in [5, 5.41) is 12.9. The molecule has 5 rings (SSSR count). The number of amides is 1. The van der Waals surface area contributed by atoms with Crippen molar-refractivity contribution in [2.24, 2.45) is 0 Å². The number of H-pyrrole nitrogens is 1. The van der Waals surface area contributed by atoms with Gasteiger partial charge in [0.1, 0.15) is 11.9 Å². The normalized spacial score (nSPS) is 17.2. The van der Waals surface area contributed by atoms with Crippen LogP contribution in [0.3, 0.4) is 0 Å². The molecule has 130 valence electrons. The summed E-state index contributed by atoms with van der Waals surface area (Å²) in [5.41, 5.74) is 3.28. The number of aryl methyl sites for hydroxylation is 1. The number of aromatic amines is 1. The summed E-state index contributed by atoms with van der Waals surface area (Å²) in [6, 6.07) is 6.02. The van der Waals surface area contributed by atoms with Crippen LogP contribution in [0.5, 0.6) is 0 Å². The van der Waals surface area contributed by atoms with Crippen LogP contribution in [0.15, 0.2) is 30.7 Å². The van der Waals surface area contributed by atoms with Crippen molar-refractivity contribution >= 4 is 17.5 Å². The van der Waals surface area contributed by atoms with Gasteiger partial charge in [-0.15, -0.1) is 0 Å². The first-order valence-electron chi connectivity index (χ1n) is 8.58. The maximum Gasteiger partial charge on any atom is 0.251 e. The summed E-state index contributed by atoms with van der Waals surface area (Å²) in [6.07, 6.45) is 5.88. The van der Waals surface area contributed by atoms with E-state index in [1.165, 1.54) is 6.33 Å². The van der Waals surface area contributed by atoms with Gasteiger partial charge in [0, 0.05) is 11.1 Å². The first kappa shape index (κ1) is 15.0. The van der Waals surface area contributed by atoms with Gasteiger partial charge in [-0.1, -0.05) is 12.1 Å². The first-order valence-corrected chi connectivity index (χ1v) is 8.58. The number of hydrogen-bond donors (Lipinski definition) is 3. The number of nitrogens with one attached hydrogen (secondary N) is 3. The van der Waals surface area contributed by atoms with E-state index >= 15 is 0 Å². The van der Waals surface area contributed by atoms with Crippen LogP contribution in [-0.4, -0.2) is 36.6 Å². The van der Waals surface area contributed by atoms with Crippen LogP contribution in [0.2, 0.25) is 0 Å². The number of nitrogens with zero attached hydrogens (tertiary/aromatic N) is 4. The molecule has 8 nitrogen and oxygen atoms in total. The second-order valence-electron chi connectivity index (χ2n) is 6.83. The highest BCUT2D eigenvalue weighted by molar-refractivity contribution is 6.05. The molecule has 0 saturated heterocycles. The highest BCUT2D eigenvalue weighted by atomic mass is 16.2. The minimum absolute atomic E-state index is 0.00843. The Morgan fingerprint density at radius 2 is 2.04 bits per heavy atom. The fraction of sp³-hybridized carbons (Fsp3) is 0.278. The molecule has 1 aromatic carbocycles. The molecule has 1 amide bonds. The topological polar surface area (TPSA) is 108 Å². The number of anilines is 2. The lowest BCUT2D eigenvalue weighted by atomic mass is 9.75. The molecule has 2 aromatic heterocycles. The number of fused-ring (bicyclic) bond motifs is 1. The van der Waals surface area contributed by atoms with Gasteiger partial charge >= 0.3 is 0 Å². The lowest BCUT2D eigenvalue weighted by Gasteiger charge is -2.43. The van der Waals surface area contributed by atoms with E-state index in [2.05, 4.69) is 30.8 Å². The number of hydrogen-bond acceptors (Lipinski definition) is 6. The summed E-state index contributed by atoms with van der Waals surface area (Å²) in [5.74, 6) is 1.85. The van der Waals surface area contributed by atoms with Crippen molar-refractivity contribution in [3.05, 3.63) is 36.3 Å². The minimum atomic E-state index is -0.508. The van der Waals surface area contributed by atoms with Gasteiger partial charge in [0.05, 0.1) is 11.9 Å². The number of aromatic nitrogens is 5. The van der Waals surface area contributed by atoms with E-state index in [0.29, 0.717) is 11.6 Å². The average Bonchev–Trinajstić information content (AvgIpc) is 3.14. The lowest BCUT2D eigenvalue weighted by Crippen LogP contribution is -2.57. The zero-order valence-corrected chi connectivity index (χ0v) is 14.2. The molecule has 1 aliphatic carbocycles. The molecule has 26 heavy (non-hydrogen) atoms. The van der Waals surface area contributed by atoms with Crippen molar-refractivity contribution in [1.82, 2.24) is 25.1 Å². The van der Waals surface area contributed by atoms with Gasteiger partial charge < -0.3 is 10.6 Å². The molecule has 0 atom stereocenters. The van der Waals surface area contributed by atoms with E-state index < -0.39 is 5.54 Å². The first-order chi connectivity index (χ1) is 12.6. The monoisotopic (exact) mass is 347 g/mol. The van der Waals surface area contributed by atoms with Crippen molar-refractivity contribution < 1.29 is 4.79 Å². The van der Waals surface area contributed by atoms with Crippen molar-refractivity contribution in [3.8, 4) is 22.6 Å². The van der Waals surface area contributed by atoms with Gasteiger partial charge in [0.15, 0.2) is 17.5 Å². The molecular weight excluding hydrogens is 330 g/mol. The SMILES string of the molecule is Cc1cc(-c2ncn[nH]2)ccc1-c1cnc2c(n1)NC1(CCC1)C(=O)N2. The number of carbonyl (C=O) groups excluding carboxylic acids is 1. The van der Waals surface area contributed by atoms with E-state index in [9.17, 15) is 4.79 Å². The predicted octanol–water partition coefficient (Wildman–Crippen LogP) is 2.52. The Hall–Kier alpha value is -3.29. The summed E-state index contributed by atoms with van der Waals surface area (Å²) < 4.78 is 0. The Morgan fingerprint density at radius 3 is 2.73 bits per heavy atom. The van der Waals surface area contributed by atoms with E-state index in [4.69, 9.17) is 4.98 Å². The molecule has 1 fully saturated rings. The van der Waals surface area contributed by atoms with E-state index in [1.54, 1.807) is 6.20 Å². The molecule has 3 N–H and O–H groups in total. The lowest BCUT2D eigenvalue weighted by molar-refractivity contribution is -0.123. The fourth-order valence-corrected chi connectivity index (χ4v) is 3.53. The molecule has 0 bridgehead atoms. The molecule has 3 aromatic rings. The number of benzene rings is 1. The van der Waals surface area contributed by atoms with Gasteiger partial charge in [0.2, 0.25) is 0 Å². The molecular formula is C18H17N7O. The maximum atomic E-state index is 12.3. The van der Waals surface area contributed by atoms with Gasteiger partial charge in [-0.25, -0.2) is 15.0 Å². The van der Waals surface area contributed by atoms with Gasteiger partial charge in [0.25, 0.3) is 5.91 Å². The third kappa shape index (κ3) is 2.18. The fourth-order valence-electron chi connectivity index (χ4n) is 3.53. The predicted molar refractivity (Wildman–Crippen MR) is 96.4 cm³/mol. The summed E-state index contributed by atoms with van der Waals surface area (Å²) in [6.45, 7) is 2.03. The van der Waals surface area contributed by atoms with Crippen LogP contribution in [0.25, 0.3) is 22.6 Å². The zero-order chi connectivity index (χ0) is 17.7. The Labute approximate surface area is 149 Å². The zero-order valence-electron chi connectivity index (χ0n) is 14.2. The van der Waals surface area contributed by atoms with Crippen LogP contribution in [-0.2, 0) is 4.79 Å². The van der Waals surface area contributed by atoms with Gasteiger partial charge in [-0.2, -0.15) is 5.10 Å². The van der Waals surface area contributed by atoms with Crippen LogP contribution >= 0.6 is 0 Å². The Bertz CT molecular complexity index is 1010. The van der Waals surface area contributed by atoms with Crippen LogP contribution in [0.4, 0.5) is 11.6 Å². The quantitative estimate of drug-likeness (QED) is 0.657. The van der Waals surface area contributed by atoms with E-state index in [0.717, 1.165) is 47.5 Å². The minimum Gasteiger partial charge on any atom is -0.353 e. The Balaban J connectivity index is 1.52. The Morgan fingerprint density at radius 1 is 1.15 bits per heavy atom. The van der Waals surface area contributed by atoms with Crippen molar-refractivity contribution in [2.45, 2.75) is 31.7 Å². The second kappa shape index (κ2) is 5.35. The number of carbonyl (C=O) groups is 1. The molecule has 1 aliphatic heterocycles. The van der Waals surface area contributed by atoms with E-state index in [-0.39, 0.29) is 5.91 Å². The third-order valence-electron chi connectivity index (χ3n) is 5.19. The molecule has 2 aliphatic rings. The molecule has 0 unspecified atom stereocenters. The summed E-state index contributed by atoms with van der Waals surface area (Å²) in [7, 11) is 0. The molecule has 3 heterocycles. The number of rotatable bonds is 2. The molecule has 1 saturated carbocycles. The summed E-state index contributed by atoms with van der Waals surface area (Å²) in [4.78, 5) is 25.6. The van der Waals surface area contributed by atoms with Crippen molar-refractivity contribution in [1.29, 1.82) is 0 Å². The largest absolute Gasteiger partial charge is 0.353 e. The molecule has 1 spiro atoms. The standard InChI is InChI=1S/C18H17N7O/c1-10-7-11(14-20-9-21-25-14)3-4-12(10)13-8-19-15-16(22-13)24-18(5-2-6-18)17(26)23-15/h3-4,7-9H,2,5-6H2,1H3,(H,22,24)(H,19,23,26)(H,20,21,25). The van der Waals surface area contributed by atoms with Crippen molar-refractivity contribution in [3.63, 3.8) is 0 Å². The molecule has 8 heteroatoms. The third-order valence-corrected chi connectivity index (χ3v) is 5.19. The van der Waals surface area contributed by atoms with Gasteiger partial charge in [-0.05, 0) is 37.8 Å². The average molecular weight is 347 g/mol. The highest BCUT2D eigenvalue weighted by Gasteiger charge is 2.47. The van der Waals surface area contributed by atoms with Crippen LogP contribution in [0.1, 0.15) is 24.8 Å². The Kier molecular flexibility index (Phi) is 3.09. The second-order valence-corrected chi connectivity index (χ2v) is 6.83. The van der Waals surface area contributed by atoms with Crippen molar-refractivity contribution in [2.75, 3.05) is 10.6 Å². The smallest absolute Gasteiger partial charge is 0.251 e. The summed E-state index contributed by atoms with van der Waals surface area (Å²) >= 11 is 0. The van der Waals surface area contributed by atoms with Crippen LogP contribution in [0, 0.1) is 6.92 Å². The van der Waals surface area contributed by atoms with Gasteiger partial charge in [-0.3, -0.25) is 9.89 Å². The molecule has 0 radical (unpaired) electrons. The van der Waals surface area contributed by atoms with Crippen LogP contribution < -0.4 is 10.6 Å². The maximum absolute atomic E-state index is 12.3. The highest BCUT2D eigenvalue weighted by Crippen LogP contribution is 2.41.